The number of ether oxygens (including phenoxy) is 3. The number of nitrogens with zero attached hydrogens (tertiary/aromatic N) is 1. The van der Waals surface area contributed by atoms with Crippen LogP contribution in [0.4, 0.5) is 5.69 Å². The minimum absolute atomic E-state index is 0.0383. The summed E-state index contributed by atoms with van der Waals surface area (Å²) >= 11 is 0. The molecular weight excluding hydrogens is 522 g/mol. The van der Waals surface area contributed by atoms with Crippen LogP contribution in [-0.2, 0) is 31.4 Å². The van der Waals surface area contributed by atoms with E-state index < -0.39 is 32.5 Å². The van der Waals surface area contributed by atoms with Crippen LogP contribution in [0, 0.1) is 0 Å². The Balaban J connectivity index is 1.87. The molecule has 0 atom stereocenters. The fourth-order valence-electron chi connectivity index (χ4n) is 3.35. The van der Waals surface area contributed by atoms with Crippen LogP contribution in [0.1, 0.15) is 5.56 Å². The molecule has 13 heteroatoms. The number of rotatable bonds is 11. The number of carbonyl (C=O) groups is 1. The Morgan fingerprint density at radius 2 is 1.41 bits per heavy atom. The molecule has 0 aromatic heterocycles. The highest BCUT2D eigenvalue weighted by molar-refractivity contribution is 7.92. The summed E-state index contributed by atoms with van der Waals surface area (Å²) < 4.78 is 66.7. The number of benzene rings is 3. The molecule has 0 unspecified atom stereocenters. The maximum Gasteiger partial charge on any atom is 0.264 e. The van der Waals surface area contributed by atoms with Crippen LogP contribution in [0.5, 0.6) is 17.2 Å². The SMILES string of the molecule is COc1ccc(N(CC(=O)NCc2ccc(S(N)(=O)=O)cc2)S(=O)(=O)c2ccc(OC)c(OC)c2)cc1. The second-order valence-electron chi connectivity index (χ2n) is 7.69. The summed E-state index contributed by atoms with van der Waals surface area (Å²) in [4.78, 5) is 12.7. The van der Waals surface area contributed by atoms with Crippen LogP contribution in [0.15, 0.2) is 76.5 Å². The van der Waals surface area contributed by atoms with Gasteiger partial charge < -0.3 is 19.5 Å². The molecule has 0 aliphatic rings. The first-order valence-electron chi connectivity index (χ1n) is 10.8. The molecule has 0 bridgehead atoms. The molecule has 3 rings (SSSR count). The Morgan fingerprint density at radius 1 is 0.811 bits per heavy atom. The van der Waals surface area contributed by atoms with Crippen molar-refractivity contribution in [1.82, 2.24) is 5.32 Å². The van der Waals surface area contributed by atoms with Crippen molar-refractivity contribution in [3.63, 3.8) is 0 Å². The zero-order valence-corrected chi connectivity index (χ0v) is 22.0. The summed E-state index contributed by atoms with van der Waals surface area (Å²) in [6, 6.07) is 16.0. The minimum atomic E-state index is -4.22. The van der Waals surface area contributed by atoms with Crippen molar-refractivity contribution in [2.45, 2.75) is 16.3 Å². The smallest absolute Gasteiger partial charge is 0.264 e. The largest absolute Gasteiger partial charge is 0.497 e. The van der Waals surface area contributed by atoms with E-state index in [4.69, 9.17) is 19.3 Å². The van der Waals surface area contributed by atoms with Crippen LogP contribution in [0.25, 0.3) is 0 Å². The summed E-state index contributed by atoms with van der Waals surface area (Å²) in [6.07, 6.45) is 0. The van der Waals surface area contributed by atoms with Gasteiger partial charge in [-0.05, 0) is 54.1 Å². The van der Waals surface area contributed by atoms with Gasteiger partial charge in [-0.2, -0.15) is 0 Å². The molecule has 11 nitrogen and oxygen atoms in total. The number of primary sulfonamides is 1. The Hall–Kier alpha value is -3.81. The lowest BCUT2D eigenvalue weighted by molar-refractivity contribution is -0.119. The molecule has 0 aliphatic heterocycles. The van der Waals surface area contributed by atoms with Gasteiger partial charge in [0.05, 0.1) is 36.8 Å². The van der Waals surface area contributed by atoms with Crippen molar-refractivity contribution in [3.8, 4) is 17.2 Å². The van der Waals surface area contributed by atoms with Crippen molar-refractivity contribution < 1.29 is 35.8 Å². The summed E-state index contributed by atoms with van der Waals surface area (Å²) in [6.45, 7) is -0.491. The Labute approximate surface area is 215 Å². The number of nitrogens with two attached hydrogens (primary N) is 1. The van der Waals surface area contributed by atoms with E-state index in [9.17, 15) is 21.6 Å². The third-order valence-corrected chi connectivity index (χ3v) is 8.03. The molecule has 3 aromatic rings. The van der Waals surface area contributed by atoms with E-state index in [-0.39, 0.29) is 27.8 Å². The number of sulfonamides is 2. The summed E-state index contributed by atoms with van der Waals surface area (Å²) in [5.41, 5.74) is 0.836. The number of methoxy groups -OCH3 is 3. The normalized spacial score (nSPS) is 11.5. The van der Waals surface area contributed by atoms with E-state index in [2.05, 4.69) is 5.32 Å². The zero-order chi connectivity index (χ0) is 27.2. The van der Waals surface area contributed by atoms with E-state index in [0.717, 1.165) is 4.31 Å². The summed E-state index contributed by atoms with van der Waals surface area (Å²) in [5, 5.41) is 7.75. The number of hydrogen-bond acceptors (Lipinski definition) is 8. The molecule has 0 spiro atoms. The Morgan fingerprint density at radius 3 is 1.95 bits per heavy atom. The average Bonchev–Trinajstić information content (AvgIpc) is 2.89. The van der Waals surface area contributed by atoms with Crippen molar-refractivity contribution >= 4 is 31.6 Å². The summed E-state index contributed by atoms with van der Waals surface area (Å²) in [5.74, 6) is 0.490. The molecule has 198 valence electrons. The number of hydrogen-bond donors (Lipinski definition) is 2. The molecule has 0 fully saturated rings. The highest BCUT2D eigenvalue weighted by Gasteiger charge is 2.28. The second-order valence-corrected chi connectivity index (χ2v) is 11.1. The van der Waals surface area contributed by atoms with Crippen LogP contribution in [0.2, 0.25) is 0 Å². The lowest BCUT2D eigenvalue weighted by atomic mass is 10.2. The van der Waals surface area contributed by atoms with Gasteiger partial charge >= 0.3 is 0 Å². The van der Waals surface area contributed by atoms with Crippen LogP contribution < -0.4 is 29.0 Å². The highest BCUT2D eigenvalue weighted by Crippen LogP contribution is 2.32. The summed E-state index contributed by atoms with van der Waals surface area (Å²) in [7, 11) is -3.75. The highest BCUT2D eigenvalue weighted by atomic mass is 32.2. The first kappa shape index (κ1) is 27.8. The maximum atomic E-state index is 13.6. The van der Waals surface area contributed by atoms with Gasteiger partial charge in [0.15, 0.2) is 11.5 Å². The molecule has 3 N–H and O–H groups in total. The predicted octanol–water partition coefficient (Wildman–Crippen LogP) is 1.87. The molecular formula is C24H27N3O8S2. The third kappa shape index (κ3) is 6.70. The molecule has 0 heterocycles. The van der Waals surface area contributed by atoms with Gasteiger partial charge in [0.1, 0.15) is 12.3 Å². The van der Waals surface area contributed by atoms with E-state index in [1.807, 2.05) is 0 Å². The topological polar surface area (TPSA) is 154 Å². The Bertz CT molecular complexity index is 1460. The lowest BCUT2D eigenvalue weighted by Gasteiger charge is -2.24. The standard InChI is InChI=1S/C24H27N3O8S2/c1-33-19-8-6-18(7-9-19)27(37(31,32)21-12-13-22(34-2)23(14-21)35-3)16-24(28)26-15-17-4-10-20(11-5-17)36(25,29)30/h4-14H,15-16H2,1-3H3,(H,26,28)(H2,25,29,30). The first-order valence-corrected chi connectivity index (χ1v) is 13.8. The first-order chi connectivity index (χ1) is 17.5. The Kier molecular flexibility index (Phi) is 8.63. The van der Waals surface area contributed by atoms with E-state index in [1.54, 1.807) is 12.1 Å². The van der Waals surface area contributed by atoms with E-state index in [1.165, 1.54) is 75.9 Å². The molecule has 37 heavy (non-hydrogen) atoms. The number of nitrogens with one attached hydrogen (secondary N) is 1. The van der Waals surface area contributed by atoms with Gasteiger partial charge in [-0.15, -0.1) is 0 Å². The van der Waals surface area contributed by atoms with E-state index in [0.29, 0.717) is 17.1 Å². The van der Waals surface area contributed by atoms with Crippen molar-refractivity contribution in [2.24, 2.45) is 5.14 Å². The van der Waals surface area contributed by atoms with Gasteiger partial charge in [-0.25, -0.2) is 22.0 Å². The van der Waals surface area contributed by atoms with Crippen LogP contribution in [0.3, 0.4) is 0 Å². The van der Waals surface area contributed by atoms with Gasteiger partial charge in [0, 0.05) is 12.6 Å². The fourth-order valence-corrected chi connectivity index (χ4v) is 5.30. The molecule has 0 saturated heterocycles. The number of anilines is 1. The lowest BCUT2D eigenvalue weighted by Crippen LogP contribution is -2.40. The zero-order valence-electron chi connectivity index (χ0n) is 20.4. The van der Waals surface area contributed by atoms with Gasteiger partial charge in [-0.3, -0.25) is 9.10 Å². The third-order valence-electron chi connectivity index (χ3n) is 5.33. The van der Waals surface area contributed by atoms with Gasteiger partial charge in [0.25, 0.3) is 10.0 Å². The monoisotopic (exact) mass is 549 g/mol. The predicted molar refractivity (Wildman–Crippen MR) is 137 cm³/mol. The molecule has 3 aromatic carbocycles. The van der Waals surface area contributed by atoms with Gasteiger partial charge in [-0.1, -0.05) is 12.1 Å². The van der Waals surface area contributed by atoms with E-state index >= 15 is 0 Å². The number of carbonyl (C=O) groups excluding carboxylic acids is 1. The molecule has 0 aliphatic carbocycles. The maximum absolute atomic E-state index is 13.6. The van der Waals surface area contributed by atoms with Crippen molar-refractivity contribution in [1.29, 1.82) is 0 Å². The van der Waals surface area contributed by atoms with Crippen molar-refractivity contribution in [2.75, 3.05) is 32.2 Å². The van der Waals surface area contributed by atoms with Crippen LogP contribution in [-0.4, -0.2) is 50.6 Å². The van der Waals surface area contributed by atoms with Crippen molar-refractivity contribution in [3.05, 3.63) is 72.3 Å². The fraction of sp³-hybridized carbons (Fsp3) is 0.208. The number of amides is 1. The average molecular weight is 550 g/mol. The molecule has 0 saturated carbocycles. The van der Waals surface area contributed by atoms with Crippen LogP contribution >= 0.6 is 0 Å². The molecule has 1 amide bonds. The molecule has 0 radical (unpaired) electrons. The quantitative estimate of drug-likeness (QED) is 0.367. The van der Waals surface area contributed by atoms with Gasteiger partial charge in [0.2, 0.25) is 15.9 Å². The second kappa shape index (κ2) is 11.5. The minimum Gasteiger partial charge on any atom is -0.497 e.